The van der Waals surface area contributed by atoms with Crippen LogP contribution in [0.2, 0.25) is 0 Å². The number of aromatic nitrogens is 3. The molecule has 0 aliphatic carbocycles. The Hall–Kier alpha value is -1.32. The van der Waals surface area contributed by atoms with Gasteiger partial charge >= 0.3 is 0 Å². The lowest BCUT2D eigenvalue weighted by Gasteiger charge is -2.13. The molecule has 1 saturated heterocycles. The molecule has 172 valence electrons. The Morgan fingerprint density at radius 2 is 2.20 bits per heavy atom. The van der Waals surface area contributed by atoms with Gasteiger partial charge in [-0.1, -0.05) is 25.6 Å². The lowest BCUT2D eigenvalue weighted by atomic mass is 10.1. The highest BCUT2D eigenvalue weighted by atomic mass is 32.2. The van der Waals surface area contributed by atoms with E-state index in [0.717, 1.165) is 95.2 Å². The minimum absolute atomic E-state index is 0.573. The maximum atomic E-state index is 5.76. The molecule has 1 aliphatic rings. The summed E-state index contributed by atoms with van der Waals surface area (Å²) < 4.78 is 13.4. The Balaban J connectivity index is 1.67. The molecule has 1 unspecified atom stereocenters. The van der Waals surface area contributed by atoms with Gasteiger partial charge in [0.25, 0.3) is 0 Å². The predicted molar refractivity (Wildman–Crippen MR) is 123 cm³/mol. The summed E-state index contributed by atoms with van der Waals surface area (Å²) in [7, 11) is 0. The van der Waals surface area contributed by atoms with Crippen LogP contribution < -0.4 is 10.6 Å². The molecule has 9 heteroatoms. The van der Waals surface area contributed by atoms with Gasteiger partial charge in [0.05, 0.1) is 13.2 Å². The van der Waals surface area contributed by atoms with Crippen LogP contribution in [0.25, 0.3) is 0 Å². The number of guanidine groups is 1. The van der Waals surface area contributed by atoms with Crippen molar-refractivity contribution in [3.8, 4) is 0 Å². The summed E-state index contributed by atoms with van der Waals surface area (Å²) in [6.45, 7) is 13.3. The van der Waals surface area contributed by atoms with Gasteiger partial charge in [0.1, 0.15) is 5.82 Å². The zero-order valence-corrected chi connectivity index (χ0v) is 20.0. The van der Waals surface area contributed by atoms with E-state index in [4.69, 9.17) is 14.5 Å². The van der Waals surface area contributed by atoms with Crippen molar-refractivity contribution >= 4 is 17.7 Å². The van der Waals surface area contributed by atoms with Crippen molar-refractivity contribution in [2.24, 2.45) is 16.8 Å². The Morgan fingerprint density at radius 1 is 1.33 bits per heavy atom. The van der Waals surface area contributed by atoms with Crippen molar-refractivity contribution in [1.29, 1.82) is 0 Å². The molecule has 0 radical (unpaired) electrons. The summed E-state index contributed by atoms with van der Waals surface area (Å²) in [5, 5.41) is 16.4. The maximum Gasteiger partial charge on any atom is 0.191 e. The first kappa shape index (κ1) is 24.9. The fourth-order valence-electron chi connectivity index (χ4n) is 3.32. The molecule has 2 rings (SSSR count). The summed E-state index contributed by atoms with van der Waals surface area (Å²) in [5.74, 6) is 3.08. The van der Waals surface area contributed by atoms with Crippen molar-refractivity contribution in [1.82, 2.24) is 25.4 Å². The van der Waals surface area contributed by atoms with E-state index in [9.17, 15) is 0 Å². The van der Waals surface area contributed by atoms with Crippen LogP contribution in [-0.2, 0) is 22.4 Å². The van der Waals surface area contributed by atoms with E-state index >= 15 is 0 Å². The molecule has 1 aromatic heterocycles. The Morgan fingerprint density at radius 3 is 2.90 bits per heavy atom. The van der Waals surface area contributed by atoms with Gasteiger partial charge in [0.15, 0.2) is 11.1 Å². The standard InChI is InChI=1S/C21H40N6O2S/c1-5-22-20(24-11-7-12-28-15-18-9-13-29-16-18)23-10-6-8-19-25-26-21(30-4)27(19)14-17(2)3/h17-18H,5-16H2,1-4H3,(H2,22,23,24). The van der Waals surface area contributed by atoms with Gasteiger partial charge < -0.3 is 24.7 Å². The van der Waals surface area contributed by atoms with Crippen molar-refractivity contribution < 1.29 is 9.47 Å². The molecule has 2 N–H and O–H groups in total. The van der Waals surface area contributed by atoms with Crippen LogP contribution in [0.3, 0.4) is 0 Å². The van der Waals surface area contributed by atoms with E-state index in [1.54, 1.807) is 11.8 Å². The molecule has 0 spiro atoms. The second kappa shape index (κ2) is 14.6. The minimum atomic E-state index is 0.573. The number of aryl methyl sites for hydroxylation is 1. The van der Waals surface area contributed by atoms with Gasteiger partial charge in [-0.15, -0.1) is 10.2 Å². The van der Waals surface area contributed by atoms with Crippen LogP contribution in [0.5, 0.6) is 0 Å². The minimum Gasteiger partial charge on any atom is -0.381 e. The third-order valence-corrected chi connectivity index (χ3v) is 5.50. The van der Waals surface area contributed by atoms with Gasteiger partial charge in [-0.3, -0.25) is 4.99 Å². The fourth-order valence-corrected chi connectivity index (χ4v) is 3.84. The van der Waals surface area contributed by atoms with Gasteiger partial charge in [-0.2, -0.15) is 0 Å². The van der Waals surface area contributed by atoms with Crippen LogP contribution in [0.4, 0.5) is 0 Å². The molecule has 1 fully saturated rings. The number of hydrogen-bond acceptors (Lipinski definition) is 6. The number of nitrogens with one attached hydrogen (secondary N) is 2. The molecule has 1 atom stereocenters. The van der Waals surface area contributed by atoms with E-state index in [1.165, 1.54) is 0 Å². The van der Waals surface area contributed by atoms with E-state index in [1.807, 2.05) is 0 Å². The number of ether oxygens (including phenoxy) is 2. The van der Waals surface area contributed by atoms with E-state index in [2.05, 4.69) is 52.4 Å². The second-order valence-electron chi connectivity index (χ2n) is 8.06. The maximum absolute atomic E-state index is 5.76. The van der Waals surface area contributed by atoms with Gasteiger partial charge in [-0.25, -0.2) is 0 Å². The molecule has 1 aliphatic heterocycles. The summed E-state index contributed by atoms with van der Waals surface area (Å²) in [6.07, 6.45) is 5.99. The molecule has 30 heavy (non-hydrogen) atoms. The molecule has 0 amide bonds. The zero-order chi connectivity index (χ0) is 21.6. The highest BCUT2D eigenvalue weighted by molar-refractivity contribution is 7.98. The van der Waals surface area contributed by atoms with Crippen LogP contribution in [0.15, 0.2) is 10.1 Å². The third kappa shape index (κ3) is 9.22. The smallest absolute Gasteiger partial charge is 0.191 e. The number of hydrogen-bond donors (Lipinski definition) is 2. The molecule has 0 saturated carbocycles. The first-order valence-electron chi connectivity index (χ1n) is 11.3. The molecule has 1 aromatic rings. The number of thioether (sulfide) groups is 1. The Bertz CT molecular complexity index is 617. The number of nitrogens with zero attached hydrogens (tertiary/aromatic N) is 4. The van der Waals surface area contributed by atoms with Crippen LogP contribution in [0, 0.1) is 11.8 Å². The fraction of sp³-hybridized carbons (Fsp3) is 0.857. The van der Waals surface area contributed by atoms with Crippen molar-refractivity contribution in [3.63, 3.8) is 0 Å². The molecular weight excluding hydrogens is 400 g/mol. The van der Waals surface area contributed by atoms with E-state index in [-0.39, 0.29) is 0 Å². The lowest BCUT2D eigenvalue weighted by molar-refractivity contribution is 0.0888. The second-order valence-corrected chi connectivity index (χ2v) is 8.83. The topological polar surface area (TPSA) is 85.6 Å². The van der Waals surface area contributed by atoms with Crippen molar-refractivity contribution in [3.05, 3.63) is 5.82 Å². The summed E-state index contributed by atoms with van der Waals surface area (Å²) in [5.41, 5.74) is 0. The first-order valence-corrected chi connectivity index (χ1v) is 12.5. The normalized spacial score (nSPS) is 17.1. The molecular formula is C21H40N6O2S. The molecule has 2 heterocycles. The SMILES string of the molecule is CCNC(=NCCCc1nnc(SC)n1CC(C)C)NCCCOCC1CCOC1. The molecule has 8 nitrogen and oxygen atoms in total. The monoisotopic (exact) mass is 440 g/mol. The largest absolute Gasteiger partial charge is 0.381 e. The number of rotatable bonds is 14. The third-order valence-electron chi connectivity index (χ3n) is 4.83. The lowest BCUT2D eigenvalue weighted by Crippen LogP contribution is -2.38. The highest BCUT2D eigenvalue weighted by Gasteiger charge is 2.15. The average molecular weight is 441 g/mol. The van der Waals surface area contributed by atoms with E-state index in [0.29, 0.717) is 11.8 Å². The average Bonchev–Trinajstić information content (AvgIpc) is 3.37. The quantitative estimate of drug-likeness (QED) is 0.199. The Labute approximate surface area is 186 Å². The molecule has 0 bridgehead atoms. The van der Waals surface area contributed by atoms with Gasteiger partial charge in [-0.05, 0) is 38.4 Å². The zero-order valence-electron chi connectivity index (χ0n) is 19.2. The molecule has 0 aromatic carbocycles. The predicted octanol–water partition coefficient (Wildman–Crippen LogP) is 2.59. The summed E-state index contributed by atoms with van der Waals surface area (Å²) >= 11 is 1.66. The highest BCUT2D eigenvalue weighted by Crippen LogP contribution is 2.16. The van der Waals surface area contributed by atoms with Crippen LogP contribution in [0.1, 0.15) is 45.9 Å². The van der Waals surface area contributed by atoms with Crippen LogP contribution >= 0.6 is 11.8 Å². The van der Waals surface area contributed by atoms with Gasteiger partial charge in [0, 0.05) is 51.7 Å². The Kier molecular flexibility index (Phi) is 12.2. The summed E-state index contributed by atoms with van der Waals surface area (Å²) in [4.78, 5) is 4.70. The first-order chi connectivity index (χ1) is 14.6. The number of aliphatic imine (C=N–C) groups is 1. The van der Waals surface area contributed by atoms with E-state index < -0.39 is 0 Å². The van der Waals surface area contributed by atoms with Crippen molar-refractivity contribution in [2.75, 3.05) is 52.3 Å². The van der Waals surface area contributed by atoms with Crippen molar-refractivity contribution in [2.45, 2.75) is 58.2 Å². The van der Waals surface area contributed by atoms with Crippen LogP contribution in [-0.4, -0.2) is 73.0 Å². The van der Waals surface area contributed by atoms with Gasteiger partial charge in [0.2, 0.25) is 0 Å². The summed E-state index contributed by atoms with van der Waals surface area (Å²) in [6, 6.07) is 0.